The molecule has 4 rings (SSSR count). The molecule has 0 radical (unpaired) electrons. The van der Waals surface area contributed by atoms with Gasteiger partial charge in [-0.25, -0.2) is 0 Å². The molecule has 0 unspecified atom stereocenters. The molecule has 2 aromatic rings. The molecule has 0 amide bonds. The number of thiophene rings is 1. The third kappa shape index (κ3) is 5.76. The molecule has 0 spiro atoms. The Morgan fingerprint density at radius 3 is 2.47 bits per heavy atom. The van der Waals surface area contributed by atoms with Gasteiger partial charge in [-0.3, -0.25) is 9.89 Å². The van der Waals surface area contributed by atoms with E-state index in [1.165, 1.54) is 48.5 Å². The van der Waals surface area contributed by atoms with Gasteiger partial charge in [-0.2, -0.15) is 0 Å². The molecule has 0 saturated carbocycles. The number of aliphatic imine (C=N–C) groups is 1. The number of piperidine rings is 2. The second-order valence-electron chi connectivity index (χ2n) is 8.39. The average Bonchev–Trinajstić information content (AvgIpc) is 3.34. The number of guanidine groups is 1. The highest BCUT2D eigenvalue weighted by Crippen LogP contribution is 2.24. The SMILES string of the molecule is CN=C(NCc1ccccc1CN1CCCCC1)NC1CCN(c2cccs2)CC1. The molecule has 2 aliphatic rings. The van der Waals surface area contributed by atoms with Gasteiger partial charge in [0.1, 0.15) is 0 Å². The van der Waals surface area contributed by atoms with Gasteiger partial charge in [0.15, 0.2) is 5.96 Å². The highest BCUT2D eigenvalue weighted by molar-refractivity contribution is 7.14. The lowest BCUT2D eigenvalue weighted by Gasteiger charge is -2.33. The number of rotatable bonds is 6. The quantitative estimate of drug-likeness (QED) is 0.541. The maximum Gasteiger partial charge on any atom is 0.191 e. The normalized spacial score (nSPS) is 19.1. The molecule has 2 aliphatic heterocycles. The lowest BCUT2D eigenvalue weighted by Crippen LogP contribution is -2.48. The van der Waals surface area contributed by atoms with Gasteiger partial charge in [0, 0.05) is 39.3 Å². The van der Waals surface area contributed by atoms with Crippen molar-refractivity contribution in [2.24, 2.45) is 4.99 Å². The fraction of sp³-hybridized carbons (Fsp3) is 0.542. The lowest BCUT2D eigenvalue weighted by molar-refractivity contribution is 0.220. The number of nitrogens with one attached hydrogen (secondary N) is 2. The summed E-state index contributed by atoms with van der Waals surface area (Å²) in [7, 11) is 1.87. The predicted molar refractivity (Wildman–Crippen MR) is 128 cm³/mol. The second kappa shape index (κ2) is 10.8. The molecule has 2 fully saturated rings. The van der Waals surface area contributed by atoms with Crippen LogP contribution in [0.4, 0.5) is 5.00 Å². The number of hydrogen-bond acceptors (Lipinski definition) is 4. The van der Waals surface area contributed by atoms with Crippen molar-refractivity contribution in [3.63, 3.8) is 0 Å². The maximum absolute atomic E-state index is 4.48. The fourth-order valence-corrected chi connectivity index (χ4v) is 5.29. The molecule has 162 valence electrons. The van der Waals surface area contributed by atoms with Crippen LogP contribution in [0.5, 0.6) is 0 Å². The molecule has 1 aromatic heterocycles. The first-order valence-corrected chi connectivity index (χ1v) is 12.2. The molecule has 0 bridgehead atoms. The van der Waals surface area contributed by atoms with Crippen LogP contribution in [0.3, 0.4) is 0 Å². The van der Waals surface area contributed by atoms with Gasteiger partial charge < -0.3 is 15.5 Å². The molecular formula is C24H35N5S. The van der Waals surface area contributed by atoms with Gasteiger partial charge in [-0.05, 0) is 67.4 Å². The summed E-state index contributed by atoms with van der Waals surface area (Å²) in [6, 6.07) is 13.7. The molecule has 3 heterocycles. The van der Waals surface area contributed by atoms with Crippen LogP contribution < -0.4 is 15.5 Å². The minimum atomic E-state index is 0.482. The number of nitrogens with zero attached hydrogens (tertiary/aromatic N) is 3. The van der Waals surface area contributed by atoms with Crippen LogP contribution in [0.15, 0.2) is 46.8 Å². The van der Waals surface area contributed by atoms with E-state index in [2.05, 4.69) is 67.2 Å². The molecule has 0 atom stereocenters. The molecule has 5 nitrogen and oxygen atoms in total. The van der Waals surface area contributed by atoms with Crippen molar-refractivity contribution in [2.75, 3.05) is 38.1 Å². The fourth-order valence-electron chi connectivity index (χ4n) is 4.50. The zero-order valence-corrected chi connectivity index (χ0v) is 19.0. The van der Waals surface area contributed by atoms with Crippen molar-refractivity contribution in [1.82, 2.24) is 15.5 Å². The molecule has 0 aliphatic carbocycles. The van der Waals surface area contributed by atoms with E-state index in [1.54, 1.807) is 0 Å². The van der Waals surface area contributed by atoms with Crippen LogP contribution in [-0.2, 0) is 13.1 Å². The highest BCUT2D eigenvalue weighted by atomic mass is 32.1. The monoisotopic (exact) mass is 425 g/mol. The van der Waals surface area contributed by atoms with Crippen LogP contribution in [0.1, 0.15) is 43.2 Å². The Labute approximate surface area is 185 Å². The minimum Gasteiger partial charge on any atom is -0.363 e. The van der Waals surface area contributed by atoms with Gasteiger partial charge >= 0.3 is 0 Å². The maximum atomic E-state index is 4.48. The first-order valence-electron chi connectivity index (χ1n) is 11.4. The molecule has 30 heavy (non-hydrogen) atoms. The summed E-state index contributed by atoms with van der Waals surface area (Å²) in [6.07, 6.45) is 6.34. The predicted octanol–water partition coefficient (Wildman–Crippen LogP) is 4.07. The summed E-state index contributed by atoms with van der Waals surface area (Å²) in [4.78, 5) is 9.57. The van der Waals surface area contributed by atoms with Crippen LogP contribution >= 0.6 is 11.3 Å². The van der Waals surface area contributed by atoms with Gasteiger partial charge in [-0.1, -0.05) is 30.7 Å². The highest BCUT2D eigenvalue weighted by Gasteiger charge is 2.21. The Morgan fingerprint density at radius 2 is 1.77 bits per heavy atom. The molecule has 2 saturated heterocycles. The van der Waals surface area contributed by atoms with Crippen molar-refractivity contribution < 1.29 is 0 Å². The summed E-state index contributed by atoms with van der Waals surface area (Å²) < 4.78 is 0. The van der Waals surface area contributed by atoms with E-state index >= 15 is 0 Å². The molecule has 2 N–H and O–H groups in total. The van der Waals surface area contributed by atoms with Crippen molar-refractivity contribution in [1.29, 1.82) is 0 Å². The first-order chi connectivity index (χ1) is 14.8. The third-order valence-corrected chi connectivity index (χ3v) is 7.21. The van der Waals surface area contributed by atoms with E-state index in [1.807, 2.05) is 18.4 Å². The lowest BCUT2D eigenvalue weighted by atomic mass is 10.0. The standard InChI is InChI=1S/C24H35N5S/c1-25-24(27-22-11-15-29(16-12-22)23-10-7-17-30-23)26-18-20-8-3-4-9-21(20)19-28-13-5-2-6-14-28/h3-4,7-10,17,22H,2,5-6,11-16,18-19H2,1H3,(H2,25,26,27). The van der Waals surface area contributed by atoms with E-state index in [0.717, 1.165) is 45.0 Å². The third-order valence-electron chi connectivity index (χ3n) is 6.28. The van der Waals surface area contributed by atoms with Crippen LogP contribution in [0, 0.1) is 0 Å². The zero-order valence-electron chi connectivity index (χ0n) is 18.1. The van der Waals surface area contributed by atoms with Gasteiger partial charge in [0.05, 0.1) is 5.00 Å². The zero-order chi connectivity index (χ0) is 20.6. The van der Waals surface area contributed by atoms with Crippen LogP contribution in [-0.4, -0.2) is 50.1 Å². The average molecular weight is 426 g/mol. The van der Waals surface area contributed by atoms with Crippen molar-refractivity contribution in [3.8, 4) is 0 Å². The summed E-state index contributed by atoms with van der Waals surface area (Å²) >= 11 is 1.83. The van der Waals surface area contributed by atoms with E-state index in [-0.39, 0.29) is 0 Å². The summed E-state index contributed by atoms with van der Waals surface area (Å²) in [5, 5.41) is 10.8. The number of hydrogen-bond donors (Lipinski definition) is 2. The Balaban J connectivity index is 1.27. The smallest absolute Gasteiger partial charge is 0.191 e. The van der Waals surface area contributed by atoms with Crippen molar-refractivity contribution >= 4 is 22.3 Å². The molecular weight excluding hydrogens is 390 g/mol. The topological polar surface area (TPSA) is 42.9 Å². The van der Waals surface area contributed by atoms with E-state index in [9.17, 15) is 0 Å². The van der Waals surface area contributed by atoms with Crippen LogP contribution in [0.25, 0.3) is 0 Å². The van der Waals surface area contributed by atoms with Crippen LogP contribution in [0.2, 0.25) is 0 Å². The Kier molecular flexibility index (Phi) is 7.65. The van der Waals surface area contributed by atoms with Crippen molar-refractivity contribution in [2.45, 2.75) is 51.2 Å². The van der Waals surface area contributed by atoms with E-state index < -0.39 is 0 Å². The largest absolute Gasteiger partial charge is 0.363 e. The summed E-state index contributed by atoms with van der Waals surface area (Å²) in [6.45, 7) is 6.55. The van der Waals surface area contributed by atoms with Gasteiger partial charge in [-0.15, -0.1) is 11.3 Å². The Morgan fingerprint density at radius 1 is 1.00 bits per heavy atom. The molecule has 6 heteroatoms. The first kappa shape index (κ1) is 21.2. The summed E-state index contributed by atoms with van der Waals surface area (Å²) in [5.41, 5.74) is 2.81. The summed E-state index contributed by atoms with van der Waals surface area (Å²) in [5.74, 6) is 0.914. The van der Waals surface area contributed by atoms with E-state index in [4.69, 9.17) is 0 Å². The Hall–Kier alpha value is -2.05. The number of likely N-dealkylation sites (tertiary alicyclic amines) is 1. The Bertz CT molecular complexity index is 790. The molecule has 1 aromatic carbocycles. The van der Waals surface area contributed by atoms with Crippen molar-refractivity contribution in [3.05, 3.63) is 52.9 Å². The van der Waals surface area contributed by atoms with E-state index in [0.29, 0.717) is 6.04 Å². The number of anilines is 1. The van der Waals surface area contributed by atoms with Gasteiger partial charge in [0.2, 0.25) is 0 Å². The van der Waals surface area contributed by atoms with Gasteiger partial charge in [0.25, 0.3) is 0 Å². The second-order valence-corrected chi connectivity index (χ2v) is 9.31. The minimum absolute atomic E-state index is 0.482. The number of benzene rings is 1.